The Morgan fingerprint density at radius 1 is 0.500 bits per heavy atom. The molecule has 2 aromatic carbocycles. The van der Waals surface area contributed by atoms with E-state index in [1.807, 2.05) is 39.8 Å². The fourth-order valence-electron chi connectivity index (χ4n) is 10.2. The summed E-state index contributed by atoms with van der Waals surface area (Å²) < 4.78 is 91.6. The monoisotopic (exact) mass is 1310 g/mol. The van der Waals surface area contributed by atoms with Gasteiger partial charge in [0.25, 0.3) is 0 Å². The molecule has 0 saturated carbocycles. The fourth-order valence-corrected chi connectivity index (χ4v) is 11.8. The zero-order valence-corrected chi connectivity index (χ0v) is 55.6. The number of hydrogen-bond donors (Lipinski definition) is 3. The molecule has 4 aromatic heterocycles. The van der Waals surface area contributed by atoms with Gasteiger partial charge in [-0.25, -0.2) is 39.9 Å². The first-order valence-electron chi connectivity index (χ1n) is 27.7. The Hall–Kier alpha value is -4.12. The molecule has 6 aromatic rings. The van der Waals surface area contributed by atoms with Crippen LogP contribution in [0.3, 0.4) is 0 Å². The minimum Gasteiger partial charge on any atom is -0.748 e. The number of unbranched alkanes of at least 4 members (excludes halogenated alkanes) is 3. The zero-order chi connectivity index (χ0) is 57.0. The van der Waals surface area contributed by atoms with E-state index in [9.17, 15) is 34.4 Å². The van der Waals surface area contributed by atoms with Gasteiger partial charge in [-0.2, -0.15) is 15.0 Å². The number of aryl methyl sites for hydroxylation is 5. The number of nitrogens with one attached hydrogen (secondary N) is 3. The van der Waals surface area contributed by atoms with Crippen LogP contribution in [0.25, 0.3) is 56.5 Å². The molecule has 5 aliphatic rings. The normalized spacial score (nSPS) is 13.6. The average Bonchev–Trinajstić information content (AvgIpc) is 1.70. The van der Waals surface area contributed by atoms with Crippen LogP contribution >= 0.6 is 0 Å². The first-order valence-corrected chi connectivity index (χ1v) is 32.6. The van der Waals surface area contributed by atoms with E-state index in [1.54, 1.807) is 0 Å². The smallest absolute Gasteiger partial charge is 0.748 e. The third-order valence-corrected chi connectivity index (χ3v) is 16.2. The molecule has 22 nitrogen and oxygen atoms in total. The predicted molar refractivity (Wildman–Crippen MR) is 326 cm³/mol. The Labute approximate surface area is 563 Å². The van der Waals surface area contributed by atoms with Gasteiger partial charge in [0.2, 0.25) is 21.9 Å². The molecule has 0 atom stereocenters. The molecule has 1 radical (unpaired) electrons. The summed E-state index contributed by atoms with van der Waals surface area (Å²) in [6.07, 6.45) is 17.1. The summed E-state index contributed by atoms with van der Waals surface area (Å²) in [6, 6.07) is 13.7. The first kappa shape index (κ1) is 78.0. The number of allylic oxidation sites excluding steroid dienone is 2. The van der Waals surface area contributed by atoms with Crippen molar-refractivity contribution in [3.05, 3.63) is 88.3 Å². The molecule has 6 heterocycles. The minimum absolute atomic E-state index is 0. The standard InChI is InChI=1S/C32H28N8.C19H30N6O8S3.2C2H6.3CH4.Cu.2Na/c1-2-10-18-17(9-1)25-33-26(18)38-28-21-13-5-6-14-22(21)30(35-28)40-32-24-16-8-7-15-23(24)31(36-32)39-29-20-12-4-3-11-19(20)27(34-29)37-25;1-34(26,27)21-13-7-3-2-4-11-17-23-18(20-12-8-14-35(28,29)30)25-19(24-17)22-15-9-5-6-10-16(15)36(31,32)33;2*1-2;;;;;;/h1-2,9-10H,3-8,11-16H2;5-6,9-10,21H,2-4,7-8,11-14H2,1H3,(H,28,29,30)(H,31,32,33)(H2,20,22,23,24,25);2*1-2H3;3*1H4;;;/q-2;;;;;;;+2;2*+1/p-2. The Bertz CT molecular complexity index is 3640. The van der Waals surface area contributed by atoms with Crippen LogP contribution in [0.1, 0.15) is 173 Å². The van der Waals surface area contributed by atoms with Crippen LogP contribution < -0.4 is 84.4 Å². The van der Waals surface area contributed by atoms with Gasteiger partial charge < -0.3 is 49.6 Å². The number of para-hydroxylation sites is 1. The molecule has 0 amide bonds. The van der Waals surface area contributed by atoms with Crippen LogP contribution in [0.5, 0.6) is 0 Å². The Morgan fingerprint density at radius 2 is 0.930 bits per heavy atom. The van der Waals surface area contributed by atoms with Crippen molar-refractivity contribution < 1.29 is 111 Å². The summed E-state index contributed by atoms with van der Waals surface area (Å²) in [7, 11) is -12.4. The maximum absolute atomic E-state index is 11.6. The second-order valence-electron chi connectivity index (χ2n) is 19.4. The second kappa shape index (κ2) is 35.9. The molecule has 3 aliphatic carbocycles. The molecule has 2 aliphatic heterocycles. The third-order valence-electron chi connectivity index (χ3n) is 13.8. The van der Waals surface area contributed by atoms with Gasteiger partial charge in [-0.15, -0.1) is 0 Å². The van der Waals surface area contributed by atoms with Crippen LogP contribution in [0.2, 0.25) is 0 Å². The van der Waals surface area contributed by atoms with E-state index >= 15 is 0 Å². The molecule has 8 bridgehead atoms. The van der Waals surface area contributed by atoms with Gasteiger partial charge in [0.05, 0.1) is 50.3 Å². The van der Waals surface area contributed by atoms with Crippen molar-refractivity contribution in [1.82, 2.24) is 59.5 Å². The van der Waals surface area contributed by atoms with Crippen molar-refractivity contribution in [3.63, 3.8) is 0 Å². The molecule has 3 N–H and O–H groups in total. The molecule has 0 fully saturated rings. The zero-order valence-electron chi connectivity index (χ0n) is 48.2. The number of sulfonamides is 1. The Kier molecular flexibility index (Phi) is 32.6. The van der Waals surface area contributed by atoms with Crippen molar-refractivity contribution in [3.8, 4) is 22.8 Å². The van der Waals surface area contributed by atoms with Crippen molar-refractivity contribution in [2.45, 2.75) is 170 Å². The van der Waals surface area contributed by atoms with E-state index in [0.717, 1.165) is 148 Å². The van der Waals surface area contributed by atoms with Crippen LogP contribution in [-0.4, -0.2) is 104 Å². The van der Waals surface area contributed by atoms with Gasteiger partial charge in [-0.3, -0.25) is 0 Å². The Balaban J connectivity index is 0.000000524. The summed E-state index contributed by atoms with van der Waals surface area (Å²) in [5, 5.41) is 5.52. The molecule has 11 rings (SSSR count). The van der Waals surface area contributed by atoms with E-state index in [-0.39, 0.29) is 129 Å². The van der Waals surface area contributed by atoms with Crippen LogP contribution in [0.4, 0.5) is 17.6 Å². The van der Waals surface area contributed by atoms with Crippen LogP contribution in [-0.2, 0) is 79.4 Å². The van der Waals surface area contributed by atoms with Crippen molar-refractivity contribution >= 4 is 81.6 Å². The van der Waals surface area contributed by atoms with Gasteiger partial charge in [0, 0.05) is 59.0 Å². The molecular formula is C58H80CuN14Na2O8S3. The van der Waals surface area contributed by atoms with E-state index in [2.05, 4.69) is 42.4 Å². The van der Waals surface area contributed by atoms with Gasteiger partial charge in [0.15, 0.2) is 0 Å². The number of nitrogens with zero attached hydrogens (tertiary/aromatic N) is 11. The summed E-state index contributed by atoms with van der Waals surface area (Å²) >= 11 is 0. The van der Waals surface area contributed by atoms with Crippen molar-refractivity contribution in [2.24, 2.45) is 0 Å². The summed E-state index contributed by atoms with van der Waals surface area (Å²) in [6.45, 7) is 8.43. The largest absolute Gasteiger partial charge is 2.00 e. The summed E-state index contributed by atoms with van der Waals surface area (Å²) in [5.74, 6) is 2.71. The van der Waals surface area contributed by atoms with Gasteiger partial charge in [0.1, 0.15) is 15.9 Å². The molecule has 0 saturated heterocycles. The van der Waals surface area contributed by atoms with Crippen LogP contribution in [0.15, 0.2) is 53.4 Å². The number of aromatic nitrogens is 11. The van der Waals surface area contributed by atoms with Gasteiger partial charge >= 0.3 is 76.2 Å². The number of rotatable bonds is 16. The molecule has 461 valence electrons. The number of fused-ring (bicyclic) bond motifs is 19. The predicted octanol–water partition coefficient (Wildman–Crippen LogP) is 4.21. The summed E-state index contributed by atoms with van der Waals surface area (Å²) in [4.78, 5) is 52.8. The van der Waals surface area contributed by atoms with E-state index < -0.39 is 40.9 Å². The molecule has 86 heavy (non-hydrogen) atoms. The fraction of sp³-hybridized carbons (Fsp3) is 0.500. The van der Waals surface area contributed by atoms with E-state index in [4.69, 9.17) is 39.9 Å². The van der Waals surface area contributed by atoms with E-state index in [0.29, 0.717) is 43.3 Å². The maximum Gasteiger partial charge on any atom is 2.00 e. The first-order chi connectivity index (χ1) is 38.5. The molecular weight excluding hydrogens is 1230 g/mol. The van der Waals surface area contributed by atoms with Gasteiger partial charge in [-0.05, 0) is 142 Å². The van der Waals surface area contributed by atoms with Crippen molar-refractivity contribution in [2.75, 3.05) is 35.7 Å². The SMILES string of the molecule is C.C.C.CC.CC.CS(=O)(=O)NCCCCCCc1nc(NCCCS(=O)(=O)[O-])nc(Nc2ccccc2S(=O)(=O)[O-])n1.[Cu+2].[Na+].[Na+].c1ccc2c(c1)-c1nc-2nc2[n-]c(nc3nc(nc4[n-]c(n1)c1c4CCCC1)C1=C3CCCC1)c1c2CCCC1. The molecule has 28 heteroatoms. The average molecular weight is 1310 g/mol. The van der Waals surface area contributed by atoms with Gasteiger partial charge in [-0.1, -0.05) is 99.2 Å². The number of anilines is 3. The molecule has 0 unspecified atom stereocenters. The summed E-state index contributed by atoms with van der Waals surface area (Å²) in [5.41, 5.74) is 12.3. The number of hydrogen-bond acceptors (Lipinski definition) is 19. The molecule has 0 spiro atoms. The van der Waals surface area contributed by atoms with E-state index in [1.165, 1.54) is 51.6 Å². The number of benzene rings is 2. The van der Waals surface area contributed by atoms with Crippen LogP contribution in [0, 0.1) is 0 Å². The Morgan fingerprint density at radius 3 is 1.41 bits per heavy atom. The maximum atomic E-state index is 11.6. The third kappa shape index (κ3) is 20.5. The second-order valence-corrected chi connectivity index (χ2v) is 24.1. The topological polar surface area (TPSA) is 329 Å². The quantitative estimate of drug-likeness (QED) is 0.0693. The minimum atomic E-state index is -4.77. The van der Waals surface area contributed by atoms with Crippen molar-refractivity contribution in [1.29, 1.82) is 0 Å².